The molecule has 2 rings (SSSR count). The van der Waals surface area contributed by atoms with Crippen LogP contribution in [0.5, 0.6) is 0 Å². The predicted molar refractivity (Wildman–Crippen MR) is 73.5 cm³/mol. The van der Waals surface area contributed by atoms with E-state index in [0.29, 0.717) is 5.69 Å². The van der Waals surface area contributed by atoms with Gasteiger partial charge < -0.3 is 15.7 Å². The minimum Gasteiger partial charge on any atom is -0.481 e. The van der Waals surface area contributed by atoms with Crippen LogP contribution < -0.4 is 10.6 Å². The Balaban J connectivity index is 1.88. The molecule has 0 spiro atoms. The number of hydrogen-bond acceptors (Lipinski definition) is 3. The molecule has 1 aliphatic carbocycles. The number of rotatable bonds is 6. The van der Waals surface area contributed by atoms with Crippen LogP contribution in [0.4, 0.5) is 10.5 Å². The SMILES string of the molecule is CC(C)n1cc(NC(=O)NC(CC(=O)O)C2CC2)cn1. The molecule has 1 aromatic heterocycles. The van der Waals surface area contributed by atoms with E-state index < -0.39 is 5.97 Å². The Bertz CT molecular complexity index is 494. The standard InChI is InChI=1S/C13H20N4O3/c1-8(2)17-7-10(6-14-17)15-13(20)16-11(5-12(18)19)9-3-4-9/h6-9,11H,3-5H2,1-2H3,(H,18,19)(H2,15,16,20). The quantitative estimate of drug-likeness (QED) is 0.740. The van der Waals surface area contributed by atoms with E-state index in [4.69, 9.17) is 5.11 Å². The van der Waals surface area contributed by atoms with Crippen LogP contribution in [0.2, 0.25) is 0 Å². The van der Waals surface area contributed by atoms with Gasteiger partial charge in [0.15, 0.2) is 0 Å². The van der Waals surface area contributed by atoms with Crippen LogP contribution in [-0.2, 0) is 4.79 Å². The van der Waals surface area contributed by atoms with Crippen molar-refractivity contribution in [2.24, 2.45) is 5.92 Å². The lowest BCUT2D eigenvalue weighted by molar-refractivity contribution is -0.137. The largest absolute Gasteiger partial charge is 0.481 e. The molecule has 3 N–H and O–H groups in total. The lowest BCUT2D eigenvalue weighted by Gasteiger charge is -2.16. The number of hydrogen-bond donors (Lipinski definition) is 3. The van der Waals surface area contributed by atoms with Crippen molar-refractivity contribution in [2.75, 3.05) is 5.32 Å². The van der Waals surface area contributed by atoms with Gasteiger partial charge in [-0.2, -0.15) is 5.10 Å². The minimum atomic E-state index is -0.894. The topological polar surface area (TPSA) is 96.2 Å². The van der Waals surface area contributed by atoms with E-state index in [0.717, 1.165) is 12.8 Å². The summed E-state index contributed by atoms with van der Waals surface area (Å²) >= 11 is 0. The fraction of sp³-hybridized carbons (Fsp3) is 0.615. The molecule has 20 heavy (non-hydrogen) atoms. The lowest BCUT2D eigenvalue weighted by Crippen LogP contribution is -2.40. The average molecular weight is 280 g/mol. The smallest absolute Gasteiger partial charge is 0.319 e. The monoisotopic (exact) mass is 280 g/mol. The van der Waals surface area contributed by atoms with Gasteiger partial charge in [0.2, 0.25) is 0 Å². The molecule has 1 fully saturated rings. The summed E-state index contributed by atoms with van der Waals surface area (Å²) in [5, 5.41) is 18.4. The Labute approximate surface area is 117 Å². The second kappa shape index (κ2) is 5.94. The molecule has 0 saturated heterocycles. The molecule has 1 heterocycles. The van der Waals surface area contributed by atoms with Crippen molar-refractivity contribution in [3.63, 3.8) is 0 Å². The highest BCUT2D eigenvalue weighted by Crippen LogP contribution is 2.34. The fourth-order valence-electron chi connectivity index (χ4n) is 2.04. The zero-order chi connectivity index (χ0) is 14.7. The molecule has 7 nitrogen and oxygen atoms in total. The zero-order valence-corrected chi connectivity index (χ0v) is 11.7. The molecular weight excluding hydrogens is 260 g/mol. The van der Waals surface area contributed by atoms with Crippen molar-refractivity contribution in [3.05, 3.63) is 12.4 Å². The first-order valence-electron chi connectivity index (χ1n) is 6.79. The Morgan fingerprint density at radius 1 is 1.50 bits per heavy atom. The number of aromatic nitrogens is 2. The molecule has 7 heteroatoms. The van der Waals surface area contributed by atoms with Gasteiger partial charge in [-0.3, -0.25) is 9.48 Å². The number of nitrogens with zero attached hydrogens (tertiary/aromatic N) is 2. The summed E-state index contributed by atoms with van der Waals surface area (Å²) in [5.74, 6) is -0.606. The summed E-state index contributed by atoms with van der Waals surface area (Å²) in [6.07, 6.45) is 5.23. The molecule has 1 unspecified atom stereocenters. The number of aliphatic carboxylic acids is 1. The van der Waals surface area contributed by atoms with Crippen molar-refractivity contribution in [2.45, 2.75) is 45.2 Å². The number of nitrogens with one attached hydrogen (secondary N) is 2. The van der Waals surface area contributed by atoms with E-state index in [2.05, 4.69) is 15.7 Å². The van der Waals surface area contributed by atoms with Crippen LogP contribution >= 0.6 is 0 Å². The maximum absolute atomic E-state index is 11.9. The van der Waals surface area contributed by atoms with E-state index in [1.807, 2.05) is 13.8 Å². The molecule has 1 atom stereocenters. The Morgan fingerprint density at radius 2 is 2.20 bits per heavy atom. The average Bonchev–Trinajstić information content (AvgIpc) is 3.08. The molecule has 0 radical (unpaired) electrons. The number of amides is 2. The van der Waals surface area contributed by atoms with E-state index >= 15 is 0 Å². The Hall–Kier alpha value is -2.05. The third-order valence-corrected chi connectivity index (χ3v) is 3.29. The molecule has 0 aliphatic heterocycles. The van der Waals surface area contributed by atoms with Gasteiger partial charge in [-0.05, 0) is 32.6 Å². The van der Waals surface area contributed by atoms with E-state index in [1.165, 1.54) is 0 Å². The third-order valence-electron chi connectivity index (χ3n) is 3.29. The van der Waals surface area contributed by atoms with Gasteiger partial charge in [-0.1, -0.05) is 0 Å². The molecule has 1 aliphatic rings. The van der Waals surface area contributed by atoms with Crippen LogP contribution in [0, 0.1) is 5.92 Å². The number of carbonyl (C=O) groups excluding carboxylic acids is 1. The summed E-state index contributed by atoms with van der Waals surface area (Å²) in [6.45, 7) is 3.99. The highest BCUT2D eigenvalue weighted by molar-refractivity contribution is 5.89. The second-order valence-electron chi connectivity index (χ2n) is 5.44. The minimum absolute atomic E-state index is 0.0384. The molecular formula is C13H20N4O3. The van der Waals surface area contributed by atoms with E-state index in [9.17, 15) is 9.59 Å². The third kappa shape index (κ3) is 3.97. The first-order valence-corrected chi connectivity index (χ1v) is 6.79. The van der Waals surface area contributed by atoms with Crippen LogP contribution in [0.1, 0.15) is 39.2 Å². The van der Waals surface area contributed by atoms with Gasteiger partial charge in [0, 0.05) is 18.3 Å². The zero-order valence-electron chi connectivity index (χ0n) is 11.7. The van der Waals surface area contributed by atoms with Gasteiger partial charge in [0.05, 0.1) is 18.3 Å². The van der Waals surface area contributed by atoms with Gasteiger partial charge in [0.25, 0.3) is 0 Å². The number of carboxylic acids is 1. The van der Waals surface area contributed by atoms with Gasteiger partial charge in [-0.25, -0.2) is 4.79 Å². The second-order valence-corrected chi connectivity index (χ2v) is 5.44. The fourth-order valence-corrected chi connectivity index (χ4v) is 2.04. The molecule has 0 aromatic carbocycles. The summed E-state index contributed by atoms with van der Waals surface area (Å²) in [5.41, 5.74) is 0.598. The number of carbonyl (C=O) groups is 2. The van der Waals surface area contributed by atoms with Crippen molar-refractivity contribution in [1.82, 2.24) is 15.1 Å². The Morgan fingerprint density at radius 3 is 2.70 bits per heavy atom. The maximum Gasteiger partial charge on any atom is 0.319 e. The summed E-state index contributed by atoms with van der Waals surface area (Å²) in [7, 11) is 0. The van der Waals surface area contributed by atoms with Gasteiger partial charge in [0.1, 0.15) is 0 Å². The van der Waals surface area contributed by atoms with Crippen LogP contribution in [0.3, 0.4) is 0 Å². The van der Waals surface area contributed by atoms with Crippen LogP contribution in [0.25, 0.3) is 0 Å². The molecule has 1 saturated carbocycles. The van der Waals surface area contributed by atoms with E-state index in [1.54, 1.807) is 17.1 Å². The normalized spacial score (nSPS) is 15.9. The number of carboxylic acid groups (broad SMARTS) is 1. The first kappa shape index (κ1) is 14.4. The first-order chi connectivity index (χ1) is 9.45. The van der Waals surface area contributed by atoms with Gasteiger partial charge in [-0.15, -0.1) is 0 Å². The summed E-state index contributed by atoms with van der Waals surface area (Å²) in [4.78, 5) is 22.6. The molecule has 0 bridgehead atoms. The summed E-state index contributed by atoms with van der Waals surface area (Å²) in [6, 6.07) is -0.459. The maximum atomic E-state index is 11.9. The summed E-state index contributed by atoms with van der Waals surface area (Å²) < 4.78 is 1.74. The predicted octanol–water partition coefficient (Wildman–Crippen LogP) is 1.84. The molecule has 2 amide bonds. The van der Waals surface area contributed by atoms with Crippen molar-refractivity contribution in [3.8, 4) is 0 Å². The van der Waals surface area contributed by atoms with Crippen molar-refractivity contribution in [1.29, 1.82) is 0 Å². The Kier molecular flexibility index (Phi) is 4.26. The van der Waals surface area contributed by atoms with E-state index in [-0.39, 0.29) is 30.5 Å². The lowest BCUT2D eigenvalue weighted by atomic mass is 10.1. The van der Waals surface area contributed by atoms with Crippen LogP contribution in [0.15, 0.2) is 12.4 Å². The van der Waals surface area contributed by atoms with Crippen LogP contribution in [-0.4, -0.2) is 32.9 Å². The van der Waals surface area contributed by atoms with Crippen molar-refractivity contribution < 1.29 is 14.7 Å². The van der Waals surface area contributed by atoms with Crippen molar-refractivity contribution >= 4 is 17.7 Å². The number of anilines is 1. The van der Waals surface area contributed by atoms with Gasteiger partial charge >= 0.3 is 12.0 Å². The molecule has 1 aromatic rings. The highest BCUT2D eigenvalue weighted by Gasteiger charge is 2.33. The highest BCUT2D eigenvalue weighted by atomic mass is 16.4. The molecule has 110 valence electrons. The number of urea groups is 1.